The van der Waals surface area contributed by atoms with Crippen LogP contribution in [-0.4, -0.2) is 57.2 Å². The Morgan fingerprint density at radius 2 is 1.94 bits per heavy atom. The second-order valence-electron chi connectivity index (χ2n) is 9.39. The van der Waals surface area contributed by atoms with Crippen molar-refractivity contribution in [1.82, 2.24) is 31.4 Å². The second kappa shape index (κ2) is 10.9. The molecule has 2 aliphatic rings. The molecule has 1 aromatic heterocycles. The first-order chi connectivity index (χ1) is 17.3. The number of amides is 4. The van der Waals surface area contributed by atoms with Crippen LogP contribution >= 0.6 is 0 Å². The minimum atomic E-state index is -0.813. The smallest absolute Gasteiger partial charge is 0.250 e. The molecule has 4 rings (SSSR count). The van der Waals surface area contributed by atoms with Gasteiger partial charge in [0.05, 0.1) is 12.2 Å². The zero-order chi connectivity index (χ0) is 25.8. The Kier molecular flexibility index (Phi) is 7.66. The zero-order valence-electron chi connectivity index (χ0n) is 20.8. The molecule has 0 saturated carbocycles. The van der Waals surface area contributed by atoms with Gasteiger partial charge in [-0.25, -0.2) is 0 Å². The molecule has 2 aromatic rings. The van der Waals surface area contributed by atoms with Crippen molar-refractivity contribution in [3.8, 4) is 0 Å². The number of nitrogens with one attached hydrogen (secondary N) is 4. The highest BCUT2D eigenvalue weighted by molar-refractivity contribution is 6.08. The van der Waals surface area contributed by atoms with Crippen LogP contribution in [0.25, 0.3) is 0 Å². The molecule has 0 saturated heterocycles. The third-order valence-electron chi connectivity index (χ3n) is 7.10. The molecule has 0 fully saturated rings. The van der Waals surface area contributed by atoms with Gasteiger partial charge >= 0.3 is 0 Å². The average Bonchev–Trinajstić information content (AvgIpc) is 3.49. The summed E-state index contributed by atoms with van der Waals surface area (Å²) >= 11 is 0. The molecule has 4 N–H and O–H groups in total. The molecule has 0 radical (unpaired) electrons. The van der Waals surface area contributed by atoms with Crippen molar-refractivity contribution in [3.05, 3.63) is 41.2 Å². The van der Waals surface area contributed by atoms with Crippen molar-refractivity contribution in [1.29, 1.82) is 0 Å². The van der Waals surface area contributed by atoms with Crippen LogP contribution in [0.4, 0.5) is 5.69 Å². The van der Waals surface area contributed by atoms with Gasteiger partial charge in [0.25, 0.3) is 0 Å². The number of hydrogen-bond donors (Lipinski definition) is 4. The standard InChI is InChI=1S/C25H33N7O4/c1-4-15(5-2)21(28-14(3)33)24(35)29-19-10-9-16-7-6-8-17-11-20(32(22(16)17)25(19)36)23(34)26-12-18-13-27-31-30-18/h6-8,13,15,19-21H,4-5,9-12H2,1-3H3,(H,26,34)(H,28,33)(H,29,35)(H,27,30,31)/t19-,20-,21-/m0/s1. The van der Waals surface area contributed by atoms with E-state index in [4.69, 9.17) is 0 Å². The lowest BCUT2D eigenvalue weighted by Gasteiger charge is -2.30. The highest BCUT2D eigenvalue weighted by atomic mass is 16.2. The number of carbonyl (C=O) groups excluding carboxylic acids is 4. The number of aromatic nitrogens is 3. The Bertz CT molecular complexity index is 1130. The summed E-state index contributed by atoms with van der Waals surface area (Å²) in [6, 6.07) is 3.56. The summed E-state index contributed by atoms with van der Waals surface area (Å²) in [5.74, 6) is -1.35. The van der Waals surface area contributed by atoms with Crippen LogP contribution < -0.4 is 20.9 Å². The monoisotopic (exact) mass is 495 g/mol. The Labute approximate surface area is 209 Å². The topological polar surface area (TPSA) is 149 Å². The molecule has 1 aromatic carbocycles. The molecule has 3 atom stereocenters. The molecule has 0 bridgehead atoms. The molecule has 36 heavy (non-hydrogen) atoms. The first-order valence-electron chi connectivity index (χ1n) is 12.5. The number of H-pyrrole nitrogens is 1. The average molecular weight is 496 g/mol. The second-order valence-corrected chi connectivity index (χ2v) is 9.39. The van der Waals surface area contributed by atoms with Gasteiger partial charge < -0.3 is 16.0 Å². The van der Waals surface area contributed by atoms with Gasteiger partial charge in [-0.2, -0.15) is 0 Å². The quantitative estimate of drug-likeness (QED) is 0.403. The molecule has 4 amide bonds. The third kappa shape index (κ3) is 5.09. The predicted molar refractivity (Wildman–Crippen MR) is 132 cm³/mol. The molecule has 0 spiro atoms. The lowest BCUT2D eigenvalue weighted by molar-refractivity contribution is -0.132. The number of para-hydroxylation sites is 1. The molecule has 192 valence electrons. The molecular formula is C25H33N7O4. The van der Waals surface area contributed by atoms with Gasteiger partial charge in [-0.15, -0.1) is 5.10 Å². The normalized spacial score (nSPS) is 19.4. The number of nitrogens with zero attached hydrogens (tertiary/aromatic N) is 3. The van der Waals surface area contributed by atoms with Gasteiger partial charge in [0, 0.05) is 19.5 Å². The Hall–Kier alpha value is -3.76. The van der Waals surface area contributed by atoms with Crippen LogP contribution in [0.3, 0.4) is 0 Å². The maximum absolute atomic E-state index is 13.8. The molecule has 2 aliphatic heterocycles. The summed E-state index contributed by atoms with van der Waals surface area (Å²) < 4.78 is 0. The van der Waals surface area contributed by atoms with Crippen LogP contribution in [0, 0.1) is 5.92 Å². The van der Waals surface area contributed by atoms with E-state index >= 15 is 0 Å². The molecule has 0 unspecified atom stereocenters. The van der Waals surface area contributed by atoms with Crippen molar-refractivity contribution in [3.63, 3.8) is 0 Å². The van der Waals surface area contributed by atoms with Crippen molar-refractivity contribution < 1.29 is 19.2 Å². The molecule has 0 aliphatic carbocycles. The largest absolute Gasteiger partial charge is 0.348 e. The van der Waals surface area contributed by atoms with E-state index in [-0.39, 0.29) is 36.1 Å². The van der Waals surface area contributed by atoms with E-state index in [0.717, 1.165) is 16.8 Å². The number of benzene rings is 1. The van der Waals surface area contributed by atoms with E-state index in [1.165, 1.54) is 6.92 Å². The van der Waals surface area contributed by atoms with E-state index in [2.05, 4.69) is 31.4 Å². The first kappa shape index (κ1) is 25.3. The minimum Gasteiger partial charge on any atom is -0.348 e. The third-order valence-corrected chi connectivity index (χ3v) is 7.10. The van der Waals surface area contributed by atoms with Crippen molar-refractivity contribution >= 4 is 29.3 Å². The number of hydrogen-bond acceptors (Lipinski definition) is 6. The van der Waals surface area contributed by atoms with E-state index in [1.54, 1.807) is 11.1 Å². The van der Waals surface area contributed by atoms with Crippen molar-refractivity contribution in [2.45, 2.75) is 77.5 Å². The lowest BCUT2D eigenvalue weighted by atomic mass is 9.93. The zero-order valence-corrected chi connectivity index (χ0v) is 20.8. The van der Waals surface area contributed by atoms with Gasteiger partial charge in [-0.1, -0.05) is 50.1 Å². The van der Waals surface area contributed by atoms with Crippen LogP contribution in [-0.2, 0) is 38.6 Å². The maximum Gasteiger partial charge on any atom is 0.250 e. The number of aromatic amines is 1. The fourth-order valence-corrected chi connectivity index (χ4v) is 5.22. The lowest BCUT2D eigenvalue weighted by Crippen LogP contribution is -2.58. The summed E-state index contributed by atoms with van der Waals surface area (Å²) in [5, 5.41) is 18.6. The van der Waals surface area contributed by atoms with Gasteiger partial charge in [-0.05, 0) is 29.9 Å². The highest BCUT2D eigenvalue weighted by Gasteiger charge is 2.44. The Balaban J connectivity index is 1.56. The van der Waals surface area contributed by atoms with E-state index in [1.807, 2.05) is 32.0 Å². The van der Waals surface area contributed by atoms with Gasteiger partial charge in [0.15, 0.2) is 0 Å². The van der Waals surface area contributed by atoms with Crippen molar-refractivity contribution in [2.75, 3.05) is 4.90 Å². The summed E-state index contributed by atoms with van der Waals surface area (Å²) in [4.78, 5) is 53.7. The fraction of sp³-hybridized carbons (Fsp3) is 0.520. The summed E-state index contributed by atoms with van der Waals surface area (Å²) in [7, 11) is 0. The van der Waals surface area contributed by atoms with Crippen LogP contribution in [0.2, 0.25) is 0 Å². The van der Waals surface area contributed by atoms with Crippen LogP contribution in [0.1, 0.15) is 56.9 Å². The number of carbonyl (C=O) groups is 4. The summed E-state index contributed by atoms with van der Waals surface area (Å²) in [5.41, 5.74) is 3.25. The first-order valence-corrected chi connectivity index (χ1v) is 12.5. The van der Waals surface area contributed by atoms with E-state index in [9.17, 15) is 19.2 Å². The van der Waals surface area contributed by atoms with Gasteiger partial charge in [0.1, 0.15) is 23.8 Å². The number of aryl methyl sites for hydroxylation is 1. The fourth-order valence-electron chi connectivity index (χ4n) is 5.22. The predicted octanol–water partition coefficient (Wildman–Crippen LogP) is 0.751. The summed E-state index contributed by atoms with van der Waals surface area (Å²) in [6.07, 6.45) is 4.39. The van der Waals surface area contributed by atoms with Gasteiger partial charge in [-0.3, -0.25) is 29.2 Å². The van der Waals surface area contributed by atoms with Crippen LogP contribution in [0.5, 0.6) is 0 Å². The minimum absolute atomic E-state index is 0.0552. The highest BCUT2D eigenvalue weighted by Crippen LogP contribution is 2.39. The molecule has 3 heterocycles. The maximum atomic E-state index is 13.8. The van der Waals surface area contributed by atoms with E-state index in [0.29, 0.717) is 37.8 Å². The SMILES string of the molecule is CCC(CC)[C@H](NC(C)=O)C(=O)N[C@H]1CCc2cccc3c2N(C1=O)[C@H](C(=O)NCc1c[nH]nn1)C3. The van der Waals surface area contributed by atoms with Crippen LogP contribution in [0.15, 0.2) is 24.4 Å². The Morgan fingerprint density at radius 1 is 1.19 bits per heavy atom. The Morgan fingerprint density at radius 3 is 2.61 bits per heavy atom. The van der Waals surface area contributed by atoms with Crippen molar-refractivity contribution in [2.24, 2.45) is 5.92 Å². The van der Waals surface area contributed by atoms with E-state index < -0.39 is 18.1 Å². The number of rotatable bonds is 9. The number of anilines is 1. The summed E-state index contributed by atoms with van der Waals surface area (Å²) in [6.45, 7) is 5.50. The molecule has 11 nitrogen and oxygen atoms in total. The van der Waals surface area contributed by atoms with Gasteiger partial charge in [0.2, 0.25) is 23.6 Å². The molecular weight excluding hydrogens is 462 g/mol. The molecule has 11 heteroatoms.